The van der Waals surface area contributed by atoms with Crippen molar-refractivity contribution in [2.75, 3.05) is 6.54 Å². The number of nitrogens with one attached hydrogen (secondary N) is 1. The standard InChI is InChI=1S/C18H15N5O2/c19-10-3-11-20-17(13-6-8-14(9-7-13)23(24)25)12-18-21-15-4-1-2-5-16(15)22-18/h1-2,4-9H,3,11-12H2,(H,21,22). The molecule has 2 aromatic carbocycles. The number of benzene rings is 2. The summed E-state index contributed by atoms with van der Waals surface area (Å²) in [4.78, 5) is 22.7. The van der Waals surface area contributed by atoms with Crippen LogP contribution in [0.4, 0.5) is 5.69 Å². The normalized spacial score (nSPS) is 11.4. The summed E-state index contributed by atoms with van der Waals surface area (Å²) < 4.78 is 0. The summed E-state index contributed by atoms with van der Waals surface area (Å²) in [6.07, 6.45) is 0.772. The zero-order chi connectivity index (χ0) is 17.6. The SMILES string of the molecule is N#CCCN=C(Cc1nc2ccccc2[nH]1)c1ccc([N+](=O)[O-])cc1. The van der Waals surface area contributed by atoms with Crippen LogP contribution in [-0.2, 0) is 6.42 Å². The molecule has 25 heavy (non-hydrogen) atoms. The third-order valence-electron chi connectivity index (χ3n) is 3.71. The number of para-hydroxylation sites is 2. The molecule has 0 amide bonds. The number of nitriles is 1. The fraction of sp³-hybridized carbons (Fsp3) is 0.167. The lowest BCUT2D eigenvalue weighted by Crippen LogP contribution is -2.08. The highest BCUT2D eigenvalue weighted by Gasteiger charge is 2.11. The summed E-state index contributed by atoms with van der Waals surface area (Å²) in [7, 11) is 0. The Labute approximate surface area is 143 Å². The molecule has 0 fully saturated rings. The number of hydrogen-bond donors (Lipinski definition) is 1. The van der Waals surface area contributed by atoms with Crippen molar-refractivity contribution >= 4 is 22.4 Å². The van der Waals surface area contributed by atoms with Crippen LogP contribution in [-0.4, -0.2) is 27.1 Å². The van der Waals surface area contributed by atoms with E-state index in [1.54, 1.807) is 12.1 Å². The third-order valence-corrected chi connectivity index (χ3v) is 3.71. The average molecular weight is 333 g/mol. The van der Waals surface area contributed by atoms with Gasteiger partial charge in [-0.05, 0) is 29.8 Å². The minimum absolute atomic E-state index is 0.0314. The van der Waals surface area contributed by atoms with Gasteiger partial charge in [-0.25, -0.2) is 4.98 Å². The van der Waals surface area contributed by atoms with Crippen molar-refractivity contribution in [3.8, 4) is 6.07 Å². The molecule has 1 N–H and O–H groups in total. The lowest BCUT2D eigenvalue weighted by molar-refractivity contribution is -0.384. The molecule has 1 aromatic heterocycles. The van der Waals surface area contributed by atoms with Gasteiger partial charge in [0.25, 0.3) is 5.69 Å². The molecule has 124 valence electrons. The van der Waals surface area contributed by atoms with Crippen molar-refractivity contribution in [1.82, 2.24) is 9.97 Å². The number of nitro groups is 1. The molecule has 0 aliphatic carbocycles. The smallest absolute Gasteiger partial charge is 0.269 e. The lowest BCUT2D eigenvalue weighted by Gasteiger charge is -2.05. The monoisotopic (exact) mass is 333 g/mol. The molecule has 0 aliphatic heterocycles. The molecular weight excluding hydrogens is 318 g/mol. The predicted molar refractivity (Wildman–Crippen MR) is 94.5 cm³/mol. The zero-order valence-electron chi connectivity index (χ0n) is 13.3. The number of aromatic nitrogens is 2. The van der Waals surface area contributed by atoms with Gasteiger partial charge in [0.2, 0.25) is 0 Å². The molecule has 0 saturated heterocycles. The molecule has 7 heteroatoms. The van der Waals surface area contributed by atoms with E-state index in [1.807, 2.05) is 24.3 Å². The van der Waals surface area contributed by atoms with Crippen LogP contribution in [0.3, 0.4) is 0 Å². The van der Waals surface area contributed by atoms with Gasteiger partial charge in [-0.3, -0.25) is 15.1 Å². The van der Waals surface area contributed by atoms with Crippen LogP contribution in [0.5, 0.6) is 0 Å². The molecule has 0 bridgehead atoms. The minimum atomic E-state index is -0.435. The topological polar surface area (TPSA) is 108 Å². The Balaban J connectivity index is 1.90. The highest BCUT2D eigenvalue weighted by molar-refractivity contribution is 6.02. The van der Waals surface area contributed by atoms with Crippen LogP contribution < -0.4 is 0 Å². The number of H-pyrrole nitrogens is 1. The fourth-order valence-electron chi connectivity index (χ4n) is 2.51. The molecule has 0 radical (unpaired) electrons. The van der Waals surface area contributed by atoms with E-state index in [1.165, 1.54) is 12.1 Å². The summed E-state index contributed by atoms with van der Waals surface area (Å²) in [5, 5.41) is 19.5. The molecule has 0 atom stereocenters. The molecule has 3 aromatic rings. The second-order valence-electron chi connectivity index (χ2n) is 5.42. The van der Waals surface area contributed by atoms with Crippen LogP contribution in [0.15, 0.2) is 53.5 Å². The fourth-order valence-corrected chi connectivity index (χ4v) is 2.51. The number of hydrogen-bond acceptors (Lipinski definition) is 5. The van der Waals surface area contributed by atoms with Crippen LogP contribution in [0.25, 0.3) is 11.0 Å². The Hall–Kier alpha value is -3.53. The summed E-state index contributed by atoms with van der Waals surface area (Å²) in [6, 6.07) is 16.0. The number of imidazole rings is 1. The molecule has 0 aliphatic rings. The number of nitro benzene ring substituents is 1. The maximum Gasteiger partial charge on any atom is 0.269 e. The van der Waals surface area contributed by atoms with E-state index in [2.05, 4.69) is 21.0 Å². The summed E-state index contributed by atoms with van der Waals surface area (Å²) in [6.45, 7) is 0.378. The highest BCUT2D eigenvalue weighted by Crippen LogP contribution is 2.16. The van der Waals surface area contributed by atoms with Crippen molar-refractivity contribution in [1.29, 1.82) is 5.26 Å². The summed E-state index contributed by atoms with van der Waals surface area (Å²) in [5.41, 5.74) is 3.37. The van der Waals surface area contributed by atoms with E-state index in [4.69, 9.17) is 5.26 Å². The molecular formula is C18H15N5O2. The van der Waals surface area contributed by atoms with Gasteiger partial charge in [-0.15, -0.1) is 0 Å². The number of fused-ring (bicyclic) bond motifs is 1. The van der Waals surface area contributed by atoms with Crippen molar-refractivity contribution in [3.63, 3.8) is 0 Å². The number of rotatable bonds is 6. The Morgan fingerprint density at radius 3 is 2.68 bits per heavy atom. The first-order valence-electron chi connectivity index (χ1n) is 7.76. The van der Waals surface area contributed by atoms with Gasteiger partial charge >= 0.3 is 0 Å². The van der Waals surface area contributed by atoms with E-state index >= 15 is 0 Å². The van der Waals surface area contributed by atoms with Gasteiger partial charge < -0.3 is 4.98 Å². The maximum atomic E-state index is 10.8. The van der Waals surface area contributed by atoms with Crippen molar-refractivity contribution in [3.05, 3.63) is 70.0 Å². The Kier molecular flexibility index (Phi) is 4.81. The quantitative estimate of drug-likeness (QED) is 0.323. The second-order valence-corrected chi connectivity index (χ2v) is 5.42. The predicted octanol–water partition coefficient (Wildman–Crippen LogP) is 3.42. The van der Waals surface area contributed by atoms with Gasteiger partial charge in [0.1, 0.15) is 5.82 Å². The molecule has 1 heterocycles. The Morgan fingerprint density at radius 1 is 1.24 bits per heavy atom. The molecule has 0 spiro atoms. The lowest BCUT2D eigenvalue weighted by atomic mass is 10.1. The van der Waals surface area contributed by atoms with Gasteiger partial charge in [0.05, 0.1) is 35.0 Å². The van der Waals surface area contributed by atoms with Crippen LogP contribution >= 0.6 is 0 Å². The van der Waals surface area contributed by atoms with E-state index in [0.29, 0.717) is 19.4 Å². The number of aromatic amines is 1. The first-order valence-corrected chi connectivity index (χ1v) is 7.76. The maximum absolute atomic E-state index is 10.8. The van der Waals surface area contributed by atoms with Gasteiger partial charge in [0, 0.05) is 24.3 Å². The van der Waals surface area contributed by atoms with Crippen LogP contribution in [0.2, 0.25) is 0 Å². The van der Waals surface area contributed by atoms with Crippen molar-refractivity contribution in [2.24, 2.45) is 4.99 Å². The summed E-state index contributed by atoms with van der Waals surface area (Å²) >= 11 is 0. The first kappa shape index (κ1) is 16.3. The van der Waals surface area contributed by atoms with E-state index < -0.39 is 4.92 Å². The average Bonchev–Trinajstić information content (AvgIpc) is 3.03. The van der Waals surface area contributed by atoms with Gasteiger partial charge in [-0.2, -0.15) is 5.26 Å². The molecule has 7 nitrogen and oxygen atoms in total. The summed E-state index contributed by atoms with van der Waals surface area (Å²) in [5.74, 6) is 0.760. The number of nitrogens with zero attached hydrogens (tertiary/aromatic N) is 4. The van der Waals surface area contributed by atoms with Crippen LogP contribution in [0.1, 0.15) is 17.8 Å². The zero-order valence-corrected chi connectivity index (χ0v) is 13.3. The van der Waals surface area contributed by atoms with Crippen molar-refractivity contribution in [2.45, 2.75) is 12.8 Å². The molecule has 0 saturated carbocycles. The first-order chi connectivity index (χ1) is 12.2. The Morgan fingerprint density at radius 2 is 2.00 bits per heavy atom. The van der Waals surface area contributed by atoms with E-state index in [0.717, 1.165) is 28.1 Å². The second kappa shape index (κ2) is 7.36. The largest absolute Gasteiger partial charge is 0.342 e. The van der Waals surface area contributed by atoms with E-state index in [9.17, 15) is 10.1 Å². The molecule has 0 unspecified atom stereocenters. The van der Waals surface area contributed by atoms with E-state index in [-0.39, 0.29) is 5.69 Å². The minimum Gasteiger partial charge on any atom is -0.342 e. The molecule has 3 rings (SSSR count). The van der Waals surface area contributed by atoms with Gasteiger partial charge in [0.15, 0.2) is 0 Å². The van der Waals surface area contributed by atoms with Gasteiger partial charge in [-0.1, -0.05) is 12.1 Å². The van der Waals surface area contributed by atoms with Crippen molar-refractivity contribution < 1.29 is 4.92 Å². The number of non-ortho nitro benzene ring substituents is 1. The van der Waals surface area contributed by atoms with Crippen LogP contribution in [0, 0.1) is 21.4 Å². The third kappa shape index (κ3) is 3.87. The Bertz CT molecular complexity index is 934. The number of aliphatic imine (C=N–C) groups is 1. The highest BCUT2D eigenvalue weighted by atomic mass is 16.6.